The lowest BCUT2D eigenvalue weighted by molar-refractivity contribution is 0.569. The van der Waals surface area contributed by atoms with Crippen LogP contribution in [0.3, 0.4) is 0 Å². The highest BCUT2D eigenvalue weighted by molar-refractivity contribution is 7.00. The summed E-state index contributed by atoms with van der Waals surface area (Å²) >= 11 is 0. The minimum atomic E-state index is -0.687. The third kappa shape index (κ3) is 12.6. The monoisotopic (exact) mass is 1450 g/mol. The van der Waals surface area contributed by atoms with E-state index in [0.717, 1.165) is 117 Å². The van der Waals surface area contributed by atoms with Gasteiger partial charge in [0.05, 0.1) is 41.6 Å². The molecule has 0 N–H and O–H groups in total. The summed E-state index contributed by atoms with van der Waals surface area (Å²) in [6, 6.07) is 83.7. The van der Waals surface area contributed by atoms with Crippen LogP contribution < -0.4 is 31.1 Å². The van der Waals surface area contributed by atoms with Crippen molar-refractivity contribution in [2.45, 2.75) is 105 Å². The predicted octanol–water partition coefficient (Wildman–Crippen LogP) is 27.5. The highest BCUT2D eigenvalue weighted by Gasteiger charge is 2.46. The standard InChI is InChI=1S/C106H93BN4/c1-103(2,3)78-58-76(59-79(63-78)104(4,5)6)77-61-98-100-99(62-77)111(102-89(73-42-26-16-27-43-73)66-81(106(10,11)12)67-90(102)74-44-28-17-29-45-74)97-69-85(109-94-51-35-34-50-86(94)91-68-84(54-57-95(91)109)108(82-46-30-18-31-47-82)83-48-32-19-33-49-83)53-56-93(97)107(100)92-55-52-75(70-36-20-13-21-37-70)60-96(92)110(98)101-87(71-38-22-14-23-39-71)64-80(105(7,8)9)65-88(101)72-40-24-15-25-41-72/h13-69H,1-12H3/i13D,18D,20D,21D,30D,31D,34D,35D,36D,37D,46D,47D,50D,51D. The van der Waals surface area contributed by atoms with Crippen molar-refractivity contribution in [1.82, 2.24) is 4.57 Å². The molecule has 0 amide bonds. The number of anilines is 9. The third-order valence-corrected chi connectivity index (χ3v) is 22.2. The fourth-order valence-corrected chi connectivity index (χ4v) is 16.4. The van der Waals surface area contributed by atoms with E-state index in [1.807, 2.05) is 59.2 Å². The van der Waals surface area contributed by atoms with Gasteiger partial charge in [-0.2, -0.15) is 0 Å². The molecule has 18 rings (SSSR count). The van der Waals surface area contributed by atoms with E-state index in [0.29, 0.717) is 44.9 Å². The van der Waals surface area contributed by atoms with Crippen molar-refractivity contribution in [2.24, 2.45) is 0 Å². The zero-order valence-electron chi connectivity index (χ0n) is 78.7. The molecular formula is C106H93BN4. The topological polar surface area (TPSA) is 14.7 Å². The molecule has 15 aromatic carbocycles. The van der Waals surface area contributed by atoms with Crippen molar-refractivity contribution in [3.8, 4) is 72.4 Å². The number of benzene rings is 15. The molecule has 0 unspecified atom stereocenters. The van der Waals surface area contributed by atoms with E-state index in [4.69, 9.17) is 5.48 Å². The Hall–Kier alpha value is -12.4. The summed E-state index contributed by atoms with van der Waals surface area (Å²) in [5.41, 5.74) is 21.9. The highest BCUT2D eigenvalue weighted by atomic mass is 15.2. The van der Waals surface area contributed by atoms with Crippen molar-refractivity contribution < 1.29 is 19.2 Å². The molecule has 540 valence electrons. The van der Waals surface area contributed by atoms with Crippen molar-refractivity contribution >= 4 is 96.1 Å². The van der Waals surface area contributed by atoms with E-state index in [1.54, 1.807) is 41.3 Å². The van der Waals surface area contributed by atoms with Gasteiger partial charge in [-0.3, -0.25) is 0 Å². The van der Waals surface area contributed by atoms with Gasteiger partial charge in [0.25, 0.3) is 6.71 Å². The summed E-state index contributed by atoms with van der Waals surface area (Å²) in [4.78, 5) is 6.47. The van der Waals surface area contributed by atoms with Crippen LogP contribution in [-0.4, -0.2) is 11.3 Å². The first-order valence-electron chi connectivity index (χ1n) is 45.3. The maximum atomic E-state index is 10.3. The second kappa shape index (κ2) is 27.3. The van der Waals surface area contributed by atoms with Crippen LogP contribution in [0.2, 0.25) is 0 Å². The van der Waals surface area contributed by atoms with Crippen molar-refractivity contribution in [1.29, 1.82) is 0 Å². The summed E-state index contributed by atoms with van der Waals surface area (Å²) in [5.74, 6) is 0. The van der Waals surface area contributed by atoms with Crippen molar-refractivity contribution in [3.05, 3.63) is 368 Å². The van der Waals surface area contributed by atoms with Gasteiger partial charge in [0.1, 0.15) is 0 Å². The molecule has 0 saturated carbocycles. The Kier molecular flexibility index (Phi) is 13.7. The second-order valence-electron chi connectivity index (χ2n) is 33.6. The fourth-order valence-electron chi connectivity index (χ4n) is 16.4. The number of nitrogens with zero attached hydrogens (tertiary/aromatic N) is 4. The van der Waals surface area contributed by atoms with E-state index in [-0.39, 0.29) is 62.6 Å². The molecule has 16 aromatic rings. The maximum absolute atomic E-state index is 10.3. The Labute approximate surface area is 676 Å². The quantitative estimate of drug-likeness (QED) is 0.113. The van der Waals surface area contributed by atoms with Gasteiger partial charge < -0.3 is 19.3 Å². The van der Waals surface area contributed by atoms with E-state index >= 15 is 0 Å². The molecule has 0 fully saturated rings. The van der Waals surface area contributed by atoms with Gasteiger partial charge in [0.15, 0.2) is 0 Å². The Balaban J connectivity index is 1.05. The van der Waals surface area contributed by atoms with Gasteiger partial charge in [0.2, 0.25) is 0 Å². The van der Waals surface area contributed by atoms with Crippen LogP contribution in [0.5, 0.6) is 0 Å². The lowest BCUT2D eigenvalue weighted by Gasteiger charge is -2.46. The normalized spacial score (nSPS) is 14.6. The molecule has 1 aromatic heterocycles. The molecule has 2 aliphatic heterocycles. The van der Waals surface area contributed by atoms with Gasteiger partial charge in [-0.25, -0.2) is 0 Å². The molecule has 0 bridgehead atoms. The fraction of sp³-hybridized carbons (Fsp3) is 0.151. The minimum absolute atomic E-state index is 0.0425. The number of fused-ring (bicyclic) bond motifs is 7. The molecule has 3 heterocycles. The molecule has 0 saturated heterocycles. The number of para-hydroxylation sites is 3. The first kappa shape index (κ1) is 55.9. The lowest BCUT2D eigenvalue weighted by Crippen LogP contribution is -2.61. The van der Waals surface area contributed by atoms with E-state index in [9.17, 15) is 13.7 Å². The Morgan fingerprint density at radius 3 is 1.16 bits per heavy atom. The number of hydrogen-bond donors (Lipinski definition) is 0. The molecule has 0 spiro atoms. The van der Waals surface area contributed by atoms with E-state index in [2.05, 4.69) is 263 Å². The summed E-state index contributed by atoms with van der Waals surface area (Å²) in [5, 5.41) is 0.585. The van der Waals surface area contributed by atoms with Crippen LogP contribution >= 0.6 is 0 Å². The average Bonchev–Trinajstić information content (AvgIpc) is 1.09. The summed E-state index contributed by atoms with van der Waals surface area (Å²) in [7, 11) is 0. The number of aromatic nitrogens is 1. The van der Waals surface area contributed by atoms with Crippen molar-refractivity contribution in [2.75, 3.05) is 14.7 Å². The smallest absolute Gasteiger partial charge is 0.252 e. The molecule has 2 aliphatic rings. The van der Waals surface area contributed by atoms with Gasteiger partial charge in [-0.1, -0.05) is 325 Å². The largest absolute Gasteiger partial charge is 0.310 e. The predicted molar refractivity (Wildman–Crippen MR) is 477 cm³/mol. The Bertz CT molecular complexity index is 6920. The SMILES string of the molecule is [2H]c1c([2H])c([2H])c(-c2ccc3c(c2)N(c2c(-c4ccccc4)cc(C(C)(C)C)cc2-c2ccccc2)c2cc(-c4cc(C(C)(C)C)cc(C(C)(C)C)c4)cc4c2B3c2ccc(-n3c5ccc(N(c6ccccc6)c6c([2H])c([2H])c([2H])c([2H])c6[2H])cc5c5c([2H])c([2H])c([2H])c([2H])c53)cc2N4c2c(-c3ccccc3)cc(C(C)(C)C)cc2-c2ccccc2)c([2H])c1[2H]. The molecule has 111 heavy (non-hydrogen) atoms. The third-order valence-electron chi connectivity index (χ3n) is 22.2. The minimum Gasteiger partial charge on any atom is -0.310 e. The zero-order chi connectivity index (χ0) is 88.4. The van der Waals surface area contributed by atoms with Crippen LogP contribution in [0, 0.1) is 0 Å². The summed E-state index contributed by atoms with van der Waals surface area (Å²) in [6.07, 6.45) is 0. The van der Waals surface area contributed by atoms with Crippen LogP contribution in [-0.2, 0) is 21.7 Å². The second-order valence-corrected chi connectivity index (χ2v) is 33.6. The van der Waals surface area contributed by atoms with E-state index < -0.39 is 72.6 Å². The first-order valence-corrected chi connectivity index (χ1v) is 38.3. The van der Waals surface area contributed by atoms with Gasteiger partial charge in [-0.15, -0.1) is 0 Å². The van der Waals surface area contributed by atoms with Gasteiger partial charge in [-0.05, 0) is 208 Å². The average molecular weight is 1450 g/mol. The maximum Gasteiger partial charge on any atom is 0.252 e. The Morgan fingerprint density at radius 2 is 0.685 bits per heavy atom. The van der Waals surface area contributed by atoms with Crippen LogP contribution in [0.25, 0.3) is 94.3 Å². The van der Waals surface area contributed by atoms with Gasteiger partial charge in [0, 0.05) is 78.5 Å². The summed E-state index contributed by atoms with van der Waals surface area (Å²) in [6.45, 7) is 26.3. The molecular weight excluding hydrogens is 1340 g/mol. The molecule has 0 atom stereocenters. The van der Waals surface area contributed by atoms with E-state index in [1.165, 1.54) is 0 Å². The van der Waals surface area contributed by atoms with Crippen LogP contribution in [0.4, 0.5) is 51.2 Å². The van der Waals surface area contributed by atoms with Crippen molar-refractivity contribution in [3.63, 3.8) is 0 Å². The lowest BCUT2D eigenvalue weighted by atomic mass is 9.33. The highest BCUT2D eigenvalue weighted by Crippen LogP contribution is 2.56. The Morgan fingerprint density at radius 1 is 0.279 bits per heavy atom. The van der Waals surface area contributed by atoms with Crippen LogP contribution in [0.1, 0.15) is 125 Å². The van der Waals surface area contributed by atoms with Gasteiger partial charge >= 0.3 is 0 Å². The molecule has 0 aliphatic carbocycles. The zero-order valence-corrected chi connectivity index (χ0v) is 64.7. The van der Waals surface area contributed by atoms with Crippen LogP contribution in [0.15, 0.2) is 345 Å². The molecule has 0 radical (unpaired) electrons. The summed E-state index contributed by atoms with van der Waals surface area (Å²) < 4.78 is 134. The first-order chi connectivity index (χ1) is 59.4. The number of rotatable bonds is 12. The number of hydrogen-bond acceptors (Lipinski definition) is 3. The molecule has 4 nitrogen and oxygen atoms in total. The molecule has 5 heteroatoms.